The molecule has 0 aliphatic rings. The van der Waals surface area contributed by atoms with Crippen LogP contribution in [0, 0.1) is 12.3 Å². The molecule has 0 unspecified atom stereocenters. The molecule has 0 saturated carbocycles. The molecule has 1 N–H and O–H groups in total. The molecule has 1 rings (SSSR count). The van der Waals surface area contributed by atoms with E-state index in [1.54, 1.807) is 0 Å². The second-order valence-electron chi connectivity index (χ2n) is 2.46. The van der Waals surface area contributed by atoms with Gasteiger partial charge in [0.25, 0.3) is 0 Å². The molecule has 0 atom stereocenters. The van der Waals surface area contributed by atoms with Gasteiger partial charge in [-0.2, -0.15) is 0 Å². The molecule has 0 bridgehead atoms. The summed E-state index contributed by atoms with van der Waals surface area (Å²) >= 11 is 3.35. The van der Waals surface area contributed by atoms with Gasteiger partial charge in [-0.15, -0.1) is 6.42 Å². The standard InChI is InChI=1S/C11H9BrO/c1-2-9(8-13)11(12)10-6-4-3-5-7-10/h1,3-7,13H,8H2/b11-9-. The molecule has 0 fully saturated rings. The third-order valence-corrected chi connectivity index (χ3v) is 2.56. The number of benzene rings is 1. The molecule has 0 saturated heterocycles. The molecular formula is C11H9BrO. The second kappa shape index (κ2) is 4.86. The average molecular weight is 237 g/mol. The van der Waals surface area contributed by atoms with Crippen molar-refractivity contribution in [2.45, 2.75) is 0 Å². The minimum absolute atomic E-state index is 0.119. The SMILES string of the molecule is C#C/C(CO)=C(/Br)c1ccccc1. The molecule has 0 aromatic heterocycles. The summed E-state index contributed by atoms with van der Waals surface area (Å²) in [4.78, 5) is 0. The first-order chi connectivity index (χ1) is 6.29. The maximum Gasteiger partial charge on any atom is 0.0771 e. The van der Waals surface area contributed by atoms with Crippen LogP contribution in [-0.4, -0.2) is 11.7 Å². The maximum absolute atomic E-state index is 8.93. The summed E-state index contributed by atoms with van der Waals surface area (Å²) in [5, 5.41) is 8.93. The van der Waals surface area contributed by atoms with E-state index in [1.807, 2.05) is 30.3 Å². The number of halogens is 1. The molecule has 0 spiro atoms. The first-order valence-electron chi connectivity index (χ1n) is 3.81. The number of terminal acetylenes is 1. The van der Waals surface area contributed by atoms with Crippen molar-refractivity contribution in [1.29, 1.82) is 0 Å². The van der Waals surface area contributed by atoms with Gasteiger partial charge in [0.2, 0.25) is 0 Å². The molecule has 0 radical (unpaired) electrons. The van der Waals surface area contributed by atoms with E-state index in [-0.39, 0.29) is 6.61 Å². The topological polar surface area (TPSA) is 20.2 Å². The Morgan fingerprint density at radius 1 is 1.38 bits per heavy atom. The molecule has 1 aromatic carbocycles. The fourth-order valence-electron chi connectivity index (χ4n) is 0.937. The van der Waals surface area contributed by atoms with Crippen molar-refractivity contribution < 1.29 is 5.11 Å². The Hall–Kier alpha value is -1.04. The van der Waals surface area contributed by atoms with Crippen LogP contribution < -0.4 is 0 Å². The lowest BCUT2D eigenvalue weighted by Gasteiger charge is -2.01. The van der Waals surface area contributed by atoms with Crippen LogP contribution in [0.5, 0.6) is 0 Å². The van der Waals surface area contributed by atoms with E-state index in [4.69, 9.17) is 11.5 Å². The van der Waals surface area contributed by atoms with E-state index >= 15 is 0 Å². The molecule has 0 amide bonds. The highest BCUT2D eigenvalue weighted by atomic mass is 79.9. The van der Waals surface area contributed by atoms with Crippen molar-refractivity contribution >= 4 is 20.4 Å². The van der Waals surface area contributed by atoms with Gasteiger partial charge in [-0.05, 0) is 21.5 Å². The molecule has 1 aromatic rings. The van der Waals surface area contributed by atoms with Gasteiger partial charge < -0.3 is 5.11 Å². The van der Waals surface area contributed by atoms with E-state index in [0.717, 1.165) is 10.0 Å². The van der Waals surface area contributed by atoms with Gasteiger partial charge in [0.15, 0.2) is 0 Å². The third-order valence-electron chi connectivity index (χ3n) is 1.62. The van der Waals surface area contributed by atoms with Crippen molar-refractivity contribution in [2.75, 3.05) is 6.61 Å². The fourth-order valence-corrected chi connectivity index (χ4v) is 1.44. The summed E-state index contributed by atoms with van der Waals surface area (Å²) in [7, 11) is 0. The van der Waals surface area contributed by atoms with Crippen molar-refractivity contribution in [1.82, 2.24) is 0 Å². The van der Waals surface area contributed by atoms with Gasteiger partial charge in [-0.25, -0.2) is 0 Å². The molecule has 1 nitrogen and oxygen atoms in total. The Balaban J connectivity index is 3.11. The summed E-state index contributed by atoms with van der Waals surface area (Å²) in [6.07, 6.45) is 5.22. The van der Waals surface area contributed by atoms with Crippen LogP contribution in [0.3, 0.4) is 0 Å². The molecule has 66 valence electrons. The van der Waals surface area contributed by atoms with Crippen LogP contribution in [0.15, 0.2) is 35.9 Å². The Labute approximate surface area is 86.2 Å². The zero-order valence-electron chi connectivity index (χ0n) is 7.00. The third kappa shape index (κ3) is 2.45. The van der Waals surface area contributed by atoms with E-state index in [0.29, 0.717) is 5.57 Å². The van der Waals surface area contributed by atoms with Crippen molar-refractivity contribution in [3.8, 4) is 12.3 Å². The number of hydrogen-bond donors (Lipinski definition) is 1. The Morgan fingerprint density at radius 3 is 2.46 bits per heavy atom. The minimum atomic E-state index is -0.119. The van der Waals surface area contributed by atoms with Crippen LogP contribution in [0.2, 0.25) is 0 Å². The fraction of sp³-hybridized carbons (Fsp3) is 0.0909. The Morgan fingerprint density at radius 2 is 2.00 bits per heavy atom. The first kappa shape index (κ1) is 10.0. The normalized spacial score (nSPS) is 11.8. The molecule has 0 heterocycles. The molecule has 2 heteroatoms. The first-order valence-corrected chi connectivity index (χ1v) is 4.60. The van der Waals surface area contributed by atoms with E-state index < -0.39 is 0 Å². The molecule has 0 aliphatic carbocycles. The Bertz CT molecular complexity index is 346. The van der Waals surface area contributed by atoms with Crippen molar-refractivity contribution in [2.24, 2.45) is 0 Å². The Kier molecular flexibility index (Phi) is 3.75. The lowest BCUT2D eigenvalue weighted by atomic mass is 10.1. The zero-order chi connectivity index (χ0) is 9.68. The van der Waals surface area contributed by atoms with E-state index in [2.05, 4.69) is 21.9 Å². The molecule has 13 heavy (non-hydrogen) atoms. The van der Waals surface area contributed by atoms with Crippen LogP contribution in [0.25, 0.3) is 4.48 Å². The summed E-state index contributed by atoms with van der Waals surface area (Å²) in [5.41, 5.74) is 1.54. The highest BCUT2D eigenvalue weighted by Gasteiger charge is 2.01. The lowest BCUT2D eigenvalue weighted by Crippen LogP contribution is -1.89. The molecular weight excluding hydrogens is 228 g/mol. The number of aliphatic hydroxyl groups is 1. The largest absolute Gasteiger partial charge is 0.391 e. The van der Waals surface area contributed by atoms with Gasteiger partial charge in [-0.1, -0.05) is 36.3 Å². The van der Waals surface area contributed by atoms with Crippen molar-refractivity contribution in [3.63, 3.8) is 0 Å². The summed E-state index contributed by atoms with van der Waals surface area (Å²) in [5.74, 6) is 2.43. The van der Waals surface area contributed by atoms with Gasteiger partial charge in [0.1, 0.15) is 0 Å². The van der Waals surface area contributed by atoms with Crippen LogP contribution >= 0.6 is 15.9 Å². The van der Waals surface area contributed by atoms with Crippen LogP contribution in [0.1, 0.15) is 5.56 Å². The van der Waals surface area contributed by atoms with Gasteiger partial charge in [0.05, 0.1) is 6.61 Å². The smallest absolute Gasteiger partial charge is 0.0771 e. The number of rotatable bonds is 2. The van der Waals surface area contributed by atoms with Crippen LogP contribution in [0.4, 0.5) is 0 Å². The van der Waals surface area contributed by atoms with E-state index in [9.17, 15) is 0 Å². The highest BCUT2D eigenvalue weighted by Crippen LogP contribution is 2.24. The zero-order valence-corrected chi connectivity index (χ0v) is 8.58. The lowest BCUT2D eigenvalue weighted by molar-refractivity contribution is 0.337. The number of hydrogen-bond acceptors (Lipinski definition) is 1. The van der Waals surface area contributed by atoms with Crippen LogP contribution in [-0.2, 0) is 0 Å². The van der Waals surface area contributed by atoms with Gasteiger partial charge >= 0.3 is 0 Å². The second-order valence-corrected chi connectivity index (χ2v) is 3.25. The predicted octanol–water partition coefficient (Wildman–Crippen LogP) is 2.42. The molecule has 0 aliphatic heterocycles. The van der Waals surface area contributed by atoms with Gasteiger partial charge in [0, 0.05) is 10.1 Å². The maximum atomic E-state index is 8.93. The van der Waals surface area contributed by atoms with Crippen molar-refractivity contribution in [3.05, 3.63) is 41.5 Å². The summed E-state index contributed by atoms with van der Waals surface area (Å²) < 4.78 is 0.776. The predicted molar refractivity (Wildman–Crippen MR) is 58.2 cm³/mol. The summed E-state index contributed by atoms with van der Waals surface area (Å²) in [6.45, 7) is -0.119. The minimum Gasteiger partial charge on any atom is -0.391 e. The monoisotopic (exact) mass is 236 g/mol. The van der Waals surface area contributed by atoms with Gasteiger partial charge in [-0.3, -0.25) is 0 Å². The summed E-state index contributed by atoms with van der Waals surface area (Å²) in [6, 6.07) is 9.62. The number of aliphatic hydroxyl groups excluding tert-OH is 1. The average Bonchev–Trinajstić information content (AvgIpc) is 2.21. The van der Waals surface area contributed by atoms with E-state index in [1.165, 1.54) is 0 Å². The quantitative estimate of drug-likeness (QED) is 0.783. The highest BCUT2D eigenvalue weighted by molar-refractivity contribution is 9.15.